The van der Waals surface area contributed by atoms with Gasteiger partial charge in [-0.3, -0.25) is 0 Å². The molecule has 0 bridgehead atoms. The van der Waals surface area contributed by atoms with E-state index in [1.54, 1.807) is 0 Å². The van der Waals surface area contributed by atoms with Gasteiger partial charge < -0.3 is 10.1 Å². The van der Waals surface area contributed by atoms with Crippen molar-refractivity contribution in [2.45, 2.75) is 39.8 Å². The van der Waals surface area contributed by atoms with E-state index in [1.807, 2.05) is 6.07 Å². The van der Waals surface area contributed by atoms with Crippen LogP contribution in [0, 0.1) is 5.92 Å². The molecule has 0 amide bonds. The van der Waals surface area contributed by atoms with Gasteiger partial charge in [0, 0.05) is 19.2 Å². The molecule has 0 spiro atoms. The molecule has 1 rings (SSSR count). The van der Waals surface area contributed by atoms with Gasteiger partial charge in [-0.1, -0.05) is 58.0 Å². The molecule has 0 aromatic heterocycles. The second-order valence-corrected chi connectivity index (χ2v) is 5.19. The zero-order valence-corrected chi connectivity index (χ0v) is 11.4. The lowest BCUT2D eigenvalue weighted by Crippen LogP contribution is -2.29. The molecule has 1 aromatic rings. The van der Waals surface area contributed by atoms with E-state index < -0.39 is 0 Å². The Balaban J connectivity index is 2.58. The molecule has 0 saturated carbocycles. The van der Waals surface area contributed by atoms with Crippen LogP contribution in [0.15, 0.2) is 30.3 Å². The van der Waals surface area contributed by atoms with Crippen LogP contribution in [-0.4, -0.2) is 19.2 Å². The monoisotopic (exact) mass is 235 g/mol. The maximum atomic E-state index is 5.98. The number of rotatable bonds is 7. The third-order valence-corrected chi connectivity index (χ3v) is 2.51. The Morgan fingerprint density at radius 3 is 2.24 bits per heavy atom. The van der Waals surface area contributed by atoms with Crippen LogP contribution < -0.4 is 5.32 Å². The minimum Gasteiger partial charge on any atom is -0.372 e. The summed E-state index contributed by atoms with van der Waals surface area (Å²) in [4.78, 5) is 0. The minimum absolute atomic E-state index is 0.154. The van der Waals surface area contributed by atoms with Gasteiger partial charge in [-0.05, 0) is 11.5 Å². The van der Waals surface area contributed by atoms with Crippen LogP contribution in [0.3, 0.4) is 0 Å². The first-order valence-electron chi connectivity index (χ1n) is 6.49. The summed E-state index contributed by atoms with van der Waals surface area (Å²) >= 11 is 0. The van der Waals surface area contributed by atoms with Crippen molar-refractivity contribution in [2.24, 2.45) is 5.92 Å². The highest BCUT2D eigenvalue weighted by molar-refractivity contribution is 5.17. The van der Waals surface area contributed by atoms with Crippen molar-refractivity contribution in [1.29, 1.82) is 0 Å². The lowest BCUT2D eigenvalue weighted by molar-refractivity contribution is 0.0340. The summed E-state index contributed by atoms with van der Waals surface area (Å²) in [6.07, 6.45) is 0.154. The SMILES string of the molecule is CC(C)COC(CNC(C)C)c1ccccc1. The number of hydrogen-bond donors (Lipinski definition) is 1. The van der Waals surface area contributed by atoms with Crippen molar-refractivity contribution in [3.05, 3.63) is 35.9 Å². The molecule has 1 atom stereocenters. The normalized spacial score (nSPS) is 13.3. The van der Waals surface area contributed by atoms with Gasteiger partial charge in [0.1, 0.15) is 0 Å². The van der Waals surface area contributed by atoms with E-state index in [-0.39, 0.29) is 6.10 Å². The fraction of sp³-hybridized carbons (Fsp3) is 0.600. The molecule has 1 unspecified atom stereocenters. The number of nitrogens with one attached hydrogen (secondary N) is 1. The van der Waals surface area contributed by atoms with E-state index in [2.05, 4.69) is 57.3 Å². The summed E-state index contributed by atoms with van der Waals surface area (Å²) in [6.45, 7) is 10.3. The topological polar surface area (TPSA) is 21.3 Å². The Morgan fingerprint density at radius 1 is 1.06 bits per heavy atom. The first kappa shape index (κ1) is 14.2. The predicted octanol–water partition coefficient (Wildman–Crippen LogP) is 3.40. The Morgan fingerprint density at radius 2 is 1.71 bits per heavy atom. The fourth-order valence-electron chi connectivity index (χ4n) is 1.59. The maximum absolute atomic E-state index is 5.98. The fourth-order valence-corrected chi connectivity index (χ4v) is 1.59. The van der Waals surface area contributed by atoms with Crippen LogP contribution >= 0.6 is 0 Å². The van der Waals surface area contributed by atoms with Crippen molar-refractivity contribution in [3.63, 3.8) is 0 Å². The zero-order chi connectivity index (χ0) is 12.7. The summed E-state index contributed by atoms with van der Waals surface area (Å²) in [5.41, 5.74) is 1.25. The van der Waals surface area contributed by atoms with E-state index in [0.29, 0.717) is 12.0 Å². The van der Waals surface area contributed by atoms with Crippen LogP contribution in [-0.2, 0) is 4.74 Å². The van der Waals surface area contributed by atoms with Crippen LogP contribution in [0.5, 0.6) is 0 Å². The smallest absolute Gasteiger partial charge is 0.0949 e. The Bertz CT molecular complexity index is 283. The second kappa shape index (κ2) is 7.46. The second-order valence-electron chi connectivity index (χ2n) is 5.19. The maximum Gasteiger partial charge on any atom is 0.0949 e. The molecule has 0 aliphatic rings. The van der Waals surface area contributed by atoms with Crippen LogP contribution in [0.4, 0.5) is 0 Å². The summed E-state index contributed by atoms with van der Waals surface area (Å²) in [5.74, 6) is 0.570. The zero-order valence-electron chi connectivity index (χ0n) is 11.4. The van der Waals surface area contributed by atoms with Gasteiger partial charge >= 0.3 is 0 Å². The van der Waals surface area contributed by atoms with E-state index in [0.717, 1.165) is 13.2 Å². The van der Waals surface area contributed by atoms with E-state index in [9.17, 15) is 0 Å². The highest BCUT2D eigenvalue weighted by Gasteiger charge is 2.12. The minimum atomic E-state index is 0.154. The molecule has 96 valence electrons. The summed E-state index contributed by atoms with van der Waals surface area (Å²) in [7, 11) is 0. The number of ether oxygens (including phenoxy) is 1. The molecule has 0 aliphatic heterocycles. The van der Waals surface area contributed by atoms with Gasteiger partial charge in [0.15, 0.2) is 0 Å². The Labute approximate surface area is 105 Å². The molecule has 2 nitrogen and oxygen atoms in total. The molecule has 2 heteroatoms. The van der Waals surface area contributed by atoms with E-state index in [4.69, 9.17) is 4.74 Å². The predicted molar refractivity (Wildman–Crippen MR) is 73.1 cm³/mol. The van der Waals surface area contributed by atoms with Gasteiger partial charge in [0.2, 0.25) is 0 Å². The molecule has 0 radical (unpaired) electrons. The molecule has 1 aromatic carbocycles. The van der Waals surface area contributed by atoms with Gasteiger partial charge in [0.05, 0.1) is 6.10 Å². The van der Waals surface area contributed by atoms with Crippen molar-refractivity contribution in [1.82, 2.24) is 5.32 Å². The lowest BCUT2D eigenvalue weighted by atomic mass is 10.1. The molecule has 17 heavy (non-hydrogen) atoms. The van der Waals surface area contributed by atoms with Gasteiger partial charge in [-0.15, -0.1) is 0 Å². The Kier molecular flexibility index (Phi) is 6.23. The standard InChI is InChI=1S/C15H25NO/c1-12(2)11-17-15(10-16-13(3)4)14-8-6-5-7-9-14/h5-9,12-13,15-16H,10-11H2,1-4H3. The van der Waals surface area contributed by atoms with Crippen molar-refractivity contribution < 1.29 is 4.74 Å². The average Bonchev–Trinajstić information content (AvgIpc) is 2.29. The van der Waals surface area contributed by atoms with E-state index in [1.165, 1.54) is 5.56 Å². The molecule has 0 saturated heterocycles. The van der Waals surface area contributed by atoms with Gasteiger partial charge in [-0.2, -0.15) is 0 Å². The van der Waals surface area contributed by atoms with Crippen molar-refractivity contribution in [2.75, 3.05) is 13.2 Å². The number of benzene rings is 1. The van der Waals surface area contributed by atoms with Gasteiger partial charge in [0.25, 0.3) is 0 Å². The van der Waals surface area contributed by atoms with Crippen molar-refractivity contribution >= 4 is 0 Å². The molecular formula is C15H25NO. The first-order valence-corrected chi connectivity index (χ1v) is 6.49. The number of hydrogen-bond acceptors (Lipinski definition) is 2. The third-order valence-electron chi connectivity index (χ3n) is 2.51. The highest BCUT2D eigenvalue weighted by Crippen LogP contribution is 2.17. The average molecular weight is 235 g/mol. The summed E-state index contributed by atoms with van der Waals surface area (Å²) in [5, 5.41) is 3.44. The lowest BCUT2D eigenvalue weighted by Gasteiger charge is -2.21. The molecular weight excluding hydrogens is 210 g/mol. The molecule has 0 aliphatic carbocycles. The van der Waals surface area contributed by atoms with Crippen LogP contribution in [0.1, 0.15) is 39.4 Å². The Hall–Kier alpha value is -0.860. The summed E-state index contributed by atoms with van der Waals surface area (Å²) < 4.78 is 5.98. The highest BCUT2D eigenvalue weighted by atomic mass is 16.5. The molecule has 0 heterocycles. The van der Waals surface area contributed by atoms with Crippen molar-refractivity contribution in [3.8, 4) is 0 Å². The first-order chi connectivity index (χ1) is 8.09. The largest absolute Gasteiger partial charge is 0.372 e. The molecule has 0 fully saturated rings. The quantitative estimate of drug-likeness (QED) is 0.782. The van der Waals surface area contributed by atoms with E-state index >= 15 is 0 Å². The third kappa shape index (κ3) is 5.85. The van der Waals surface area contributed by atoms with Gasteiger partial charge in [-0.25, -0.2) is 0 Å². The molecule has 1 N–H and O–H groups in total. The summed E-state index contributed by atoms with van der Waals surface area (Å²) in [6, 6.07) is 10.9. The van der Waals surface area contributed by atoms with Crippen LogP contribution in [0.25, 0.3) is 0 Å². The van der Waals surface area contributed by atoms with Crippen LogP contribution in [0.2, 0.25) is 0 Å².